The van der Waals surface area contributed by atoms with Crippen molar-refractivity contribution in [3.05, 3.63) is 53.1 Å². The molecule has 2 aromatic rings. The molecule has 0 saturated heterocycles. The SMILES string of the molecule is CC1Cc2cc(S(=O)(=O)N(C)CC(=O)Nc3ccc(Cl)cc3)ccc2N1C(=O)C1CC1. The molecule has 1 heterocycles. The van der Waals surface area contributed by atoms with E-state index in [9.17, 15) is 18.0 Å². The van der Waals surface area contributed by atoms with Crippen LogP contribution in [0.5, 0.6) is 0 Å². The standard InChI is InChI=1S/C22H24ClN3O4S/c1-14-11-16-12-19(9-10-20(16)26(14)22(28)15-3-4-15)31(29,30)25(2)13-21(27)24-18-7-5-17(23)6-8-18/h5-10,12,14-15H,3-4,11,13H2,1-2H3,(H,24,27). The number of carbonyl (C=O) groups excluding carboxylic acids is 2. The number of nitrogens with one attached hydrogen (secondary N) is 1. The van der Waals surface area contributed by atoms with E-state index in [1.807, 2.05) is 6.92 Å². The molecule has 1 fully saturated rings. The topological polar surface area (TPSA) is 86.8 Å². The van der Waals surface area contributed by atoms with Crippen LogP contribution in [0.15, 0.2) is 47.4 Å². The van der Waals surface area contributed by atoms with Crippen LogP contribution < -0.4 is 10.2 Å². The number of carbonyl (C=O) groups is 2. The summed E-state index contributed by atoms with van der Waals surface area (Å²) in [6.07, 6.45) is 2.46. The molecular formula is C22H24ClN3O4S. The molecule has 2 aromatic carbocycles. The summed E-state index contributed by atoms with van der Waals surface area (Å²) in [6, 6.07) is 11.4. The summed E-state index contributed by atoms with van der Waals surface area (Å²) in [4.78, 5) is 26.8. The van der Waals surface area contributed by atoms with Gasteiger partial charge in [-0.15, -0.1) is 0 Å². The largest absolute Gasteiger partial charge is 0.325 e. The van der Waals surface area contributed by atoms with Crippen LogP contribution in [0.2, 0.25) is 5.02 Å². The fourth-order valence-electron chi connectivity index (χ4n) is 3.83. The third kappa shape index (κ3) is 4.46. The molecule has 1 saturated carbocycles. The van der Waals surface area contributed by atoms with Crippen LogP contribution in [0.25, 0.3) is 0 Å². The average molecular weight is 462 g/mol. The number of sulfonamides is 1. The molecule has 0 radical (unpaired) electrons. The Morgan fingerprint density at radius 2 is 1.84 bits per heavy atom. The molecule has 1 aliphatic heterocycles. The normalized spacial score (nSPS) is 18.2. The van der Waals surface area contributed by atoms with E-state index >= 15 is 0 Å². The second-order valence-corrected chi connectivity index (χ2v) is 10.6. The number of hydrogen-bond acceptors (Lipinski definition) is 4. The van der Waals surface area contributed by atoms with Crippen LogP contribution in [-0.2, 0) is 26.0 Å². The molecule has 1 aliphatic carbocycles. The number of fused-ring (bicyclic) bond motifs is 1. The van der Waals surface area contributed by atoms with Gasteiger partial charge in [0.05, 0.1) is 11.4 Å². The van der Waals surface area contributed by atoms with E-state index in [1.54, 1.807) is 41.3 Å². The summed E-state index contributed by atoms with van der Waals surface area (Å²) < 4.78 is 27.1. The Morgan fingerprint density at radius 3 is 2.48 bits per heavy atom. The highest BCUT2D eigenvalue weighted by Crippen LogP contribution is 2.39. The van der Waals surface area contributed by atoms with E-state index in [0.717, 1.165) is 28.4 Å². The van der Waals surface area contributed by atoms with Gasteiger partial charge in [0.25, 0.3) is 0 Å². The molecule has 0 aromatic heterocycles. The first kappa shape index (κ1) is 21.8. The first-order chi connectivity index (χ1) is 14.7. The fraction of sp³-hybridized carbons (Fsp3) is 0.364. The zero-order valence-electron chi connectivity index (χ0n) is 17.3. The van der Waals surface area contributed by atoms with Gasteiger partial charge in [-0.3, -0.25) is 9.59 Å². The molecular weight excluding hydrogens is 438 g/mol. The molecule has 7 nitrogen and oxygen atoms in total. The zero-order chi connectivity index (χ0) is 22.3. The van der Waals surface area contributed by atoms with Crippen molar-refractivity contribution in [3.8, 4) is 0 Å². The Hall–Kier alpha value is -2.42. The Bertz CT molecular complexity index is 1130. The second kappa shape index (κ2) is 8.26. The molecule has 2 amide bonds. The van der Waals surface area contributed by atoms with E-state index in [2.05, 4.69) is 5.32 Å². The quantitative estimate of drug-likeness (QED) is 0.715. The summed E-state index contributed by atoms with van der Waals surface area (Å²) in [7, 11) is -2.50. The van der Waals surface area contributed by atoms with Crippen LogP contribution in [0.3, 0.4) is 0 Å². The van der Waals surface area contributed by atoms with Gasteiger partial charge < -0.3 is 10.2 Å². The minimum absolute atomic E-state index is 0.00365. The van der Waals surface area contributed by atoms with Crippen molar-refractivity contribution in [2.24, 2.45) is 5.92 Å². The van der Waals surface area contributed by atoms with E-state index in [-0.39, 0.29) is 29.3 Å². The third-order valence-corrected chi connectivity index (χ3v) is 7.68. The van der Waals surface area contributed by atoms with Gasteiger partial charge in [-0.1, -0.05) is 11.6 Å². The lowest BCUT2D eigenvalue weighted by atomic mass is 10.1. The number of rotatable bonds is 6. The minimum atomic E-state index is -3.87. The predicted molar refractivity (Wildman–Crippen MR) is 120 cm³/mol. The second-order valence-electron chi connectivity index (χ2n) is 8.14. The summed E-state index contributed by atoms with van der Waals surface area (Å²) in [6.45, 7) is 1.65. The molecule has 0 spiro atoms. The van der Waals surface area contributed by atoms with Gasteiger partial charge in [0.1, 0.15) is 0 Å². The van der Waals surface area contributed by atoms with Gasteiger partial charge in [0.15, 0.2) is 0 Å². The lowest BCUT2D eigenvalue weighted by molar-refractivity contribution is -0.120. The number of nitrogens with zero attached hydrogens (tertiary/aromatic N) is 2. The van der Waals surface area contributed by atoms with Crippen LogP contribution in [0, 0.1) is 5.92 Å². The number of benzene rings is 2. The summed E-state index contributed by atoms with van der Waals surface area (Å²) >= 11 is 5.83. The lowest BCUT2D eigenvalue weighted by Crippen LogP contribution is -2.36. The highest BCUT2D eigenvalue weighted by Gasteiger charge is 2.40. The number of likely N-dealkylation sites (N-methyl/N-ethyl adjacent to an activating group) is 1. The highest BCUT2D eigenvalue weighted by molar-refractivity contribution is 7.89. The number of halogens is 1. The molecule has 0 bridgehead atoms. The van der Waals surface area contributed by atoms with Crippen molar-refractivity contribution in [1.29, 1.82) is 0 Å². The first-order valence-electron chi connectivity index (χ1n) is 10.1. The summed E-state index contributed by atoms with van der Waals surface area (Å²) in [5.74, 6) is -0.232. The van der Waals surface area contributed by atoms with Gasteiger partial charge in [0, 0.05) is 35.4 Å². The maximum Gasteiger partial charge on any atom is 0.243 e. The first-order valence-corrected chi connectivity index (χ1v) is 12.0. The summed E-state index contributed by atoms with van der Waals surface area (Å²) in [5.41, 5.74) is 2.15. The van der Waals surface area contributed by atoms with E-state index in [1.165, 1.54) is 13.1 Å². The third-order valence-electron chi connectivity index (χ3n) is 5.63. The minimum Gasteiger partial charge on any atom is -0.325 e. The summed E-state index contributed by atoms with van der Waals surface area (Å²) in [5, 5.41) is 3.20. The molecule has 1 unspecified atom stereocenters. The Kier molecular flexibility index (Phi) is 5.81. The molecule has 4 rings (SSSR count). The number of amides is 2. The zero-order valence-corrected chi connectivity index (χ0v) is 18.9. The van der Waals surface area contributed by atoms with Gasteiger partial charge in [0.2, 0.25) is 21.8 Å². The van der Waals surface area contributed by atoms with Crippen LogP contribution in [-0.4, -0.2) is 44.2 Å². The molecule has 1 atom stereocenters. The van der Waals surface area contributed by atoms with E-state index in [4.69, 9.17) is 11.6 Å². The predicted octanol–water partition coefficient (Wildman–Crippen LogP) is 3.29. The van der Waals surface area contributed by atoms with Crippen molar-refractivity contribution < 1.29 is 18.0 Å². The van der Waals surface area contributed by atoms with Gasteiger partial charge in [-0.05, 0) is 74.2 Å². The van der Waals surface area contributed by atoms with Gasteiger partial charge >= 0.3 is 0 Å². The lowest BCUT2D eigenvalue weighted by Gasteiger charge is -2.23. The highest BCUT2D eigenvalue weighted by atomic mass is 35.5. The van der Waals surface area contributed by atoms with E-state index < -0.39 is 15.9 Å². The Morgan fingerprint density at radius 1 is 1.16 bits per heavy atom. The average Bonchev–Trinajstić information content (AvgIpc) is 3.51. The van der Waals surface area contributed by atoms with Crippen molar-refractivity contribution in [3.63, 3.8) is 0 Å². The molecule has 2 aliphatic rings. The number of hydrogen-bond donors (Lipinski definition) is 1. The fourth-order valence-corrected chi connectivity index (χ4v) is 5.14. The molecule has 1 N–H and O–H groups in total. The monoisotopic (exact) mass is 461 g/mol. The number of anilines is 2. The van der Waals surface area contributed by atoms with Crippen molar-refractivity contribution in [2.75, 3.05) is 23.8 Å². The van der Waals surface area contributed by atoms with Gasteiger partial charge in [-0.25, -0.2) is 8.42 Å². The van der Waals surface area contributed by atoms with Crippen molar-refractivity contribution in [2.45, 2.75) is 37.1 Å². The van der Waals surface area contributed by atoms with Crippen molar-refractivity contribution >= 4 is 44.8 Å². The maximum absolute atomic E-state index is 13.0. The van der Waals surface area contributed by atoms with Crippen molar-refractivity contribution in [1.82, 2.24) is 4.31 Å². The molecule has 9 heteroatoms. The maximum atomic E-state index is 13.0. The van der Waals surface area contributed by atoms with Crippen LogP contribution >= 0.6 is 11.6 Å². The Labute approximate surface area is 187 Å². The molecule has 164 valence electrons. The molecule has 31 heavy (non-hydrogen) atoms. The van der Waals surface area contributed by atoms with Crippen LogP contribution in [0.4, 0.5) is 11.4 Å². The van der Waals surface area contributed by atoms with E-state index in [0.29, 0.717) is 17.1 Å². The Balaban J connectivity index is 1.48. The smallest absolute Gasteiger partial charge is 0.243 e. The van der Waals surface area contributed by atoms with Crippen LogP contribution in [0.1, 0.15) is 25.3 Å². The van der Waals surface area contributed by atoms with Gasteiger partial charge in [-0.2, -0.15) is 4.31 Å².